The van der Waals surface area contributed by atoms with Crippen molar-refractivity contribution in [2.24, 2.45) is 0 Å². The molecule has 7 nitrogen and oxygen atoms in total. The molecule has 1 amide bonds. The molecule has 1 aliphatic rings. The summed E-state index contributed by atoms with van der Waals surface area (Å²) in [6.45, 7) is 5.29. The number of carbonyl (C=O) groups excluding carboxylic acids is 1. The lowest BCUT2D eigenvalue weighted by atomic mass is 10.2. The maximum Gasteiger partial charge on any atom is 0.245 e. The molecule has 3 N–H and O–H groups in total. The monoisotopic (exact) mass is 343 g/mol. The van der Waals surface area contributed by atoms with E-state index < -0.39 is 6.04 Å². The Labute approximate surface area is 126 Å². The van der Waals surface area contributed by atoms with Gasteiger partial charge in [0.2, 0.25) is 5.91 Å². The van der Waals surface area contributed by atoms with Crippen LogP contribution in [0, 0.1) is 0 Å². The number of nitrogens with zero attached hydrogens (tertiary/aromatic N) is 3. The van der Waals surface area contributed by atoms with Gasteiger partial charge in [0.1, 0.15) is 28.5 Å². The standard InChI is InChI=1S/C12H18BrN5O2/c1-7(2)17-12(19)8-5-20-4-3-18(8)11-9(13)10(14)15-6-16-11/h6-8H,3-5H2,1-2H3,(H,17,19)(H2,14,15,16). The van der Waals surface area contributed by atoms with Crippen molar-refractivity contribution in [2.45, 2.75) is 25.9 Å². The number of carbonyl (C=O) groups is 1. The number of morpholine rings is 1. The molecule has 2 heterocycles. The second-order valence-electron chi connectivity index (χ2n) is 4.84. The van der Waals surface area contributed by atoms with E-state index in [-0.39, 0.29) is 11.9 Å². The number of halogens is 1. The van der Waals surface area contributed by atoms with E-state index in [1.165, 1.54) is 6.33 Å². The first-order chi connectivity index (χ1) is 9.50. The van der Waals surface area contributed by atoms with Crippen molar-refractivity contribution < 1.29 is 9.53 Å². The van der Waals surface area contributed by atoms with Gasteiger partial charge in [0.25, 0.3) is 0 Å². The van der Waals surface area contributed by atoms with E-state index in [1.807, 2.05) is 18.7 Å². The Balaban J connectivity index is 2.27. The van der Waals surface area contributed by atoms with Crippen LogP contribution in [0.3, 0.4) is 0 Å². The summed E-state index contributed by atoms with van der Waals surface area (Å²) < 4.78 is 6.02. The minimum Gasteiger partial charge on any atom is -0.383 e. The van der Waals surface area contributed by atoms with Crippen molar-refractivity contribution in [3.05, 3.63) is 10.8 Å². The van der Waals surface area contributed by atoms with Gasteiger partial charge in [0.15, 0.2) is 0 Å². The van der Waals surface area contributed by atoms with Crippen LogP contribution in [0.15, 0.2) is 10.8 Å². The molecule has 0 aliphatic carbocycles. The first-order valence-corrected chi connectivity index (χ1v) is 7.20. The van der Waals surface area contributed by atoms with E-state index in [4.69, 9.17) is 10.5 Å². The zero-order valence-electron chi connectivity index (χ0n) is 11.5. The second kappa shape index (κ2) is 6.36. The van der Waals surface area contributed by atoms with E-state index in [0.29, 0.717) is 35.9 Å². The van der Waals surface area contributed by atoms with E-state index in [0.717, 1.165) is 0 Å². The van der Waals surface area contributed by atoms with Gasteiger partial charge in [-0.2, -0.15) is 0 Å². The number of hydrogen-bond acceptors (Lipinski definition) is 6. The Morgan fingerprint density at radius 3 is 3.05 bits per heavy atom. The molecule has 0 radical (unpaired) electrons. The zero-order chi connectivity index (χ0) is 14.7. The van der Waals surface area contributed by atoms with Gasteiger partial charge in [0, 0.05) is 12.6 Å². The molecule has 0 bridgehead atoms. The minimum atomic E-state index is -0.420. The molecule has 20 heavy (non-hydrogen) atoms. The van der Waals surface area contributed by atoms with E-state index in [1.54, 1.807) is 0 Å². The summed E-state index contributed by atoms with van der Waals surface area (Å²) >= 11 is 3.38. The lowest BCUT2D eigenvalue weighted by Crippen LogP contribution is -2.55. The van der Waals surface area contributed by atoms with Crippen molar-refractivity contribution in [1.29, 1.82) is 0 Å². The Morgan fingerprint density at radius 1 is 1.60 bits per heavy atom. The average molecular weight is 344 g/mol. The van der Waals surface area contributed by atoms with Crippen LogP contribution in [-0.4, -0.2) is 47.7 Å². The Kier molecular flexibility index (Phi) is 4.77. The molecule has 0 saturated carbocycles. The van der Waals surface area contributed by atoms with Crippen molar-refractivity contribution in [3.63, 3.8) is 0 Å². The number of amides is 1. The van der Waals surface area contributed by atoms with E-state index in [2.05, 4.69) is 31.2 Å². The first kappa shape index (κ1) is 15.0. The normalized spacial score (nSPS) is 19.2. The predicted octanol–water partition coefficient (Wildman–Crippen LogP) is 0.551. The lowest BCUT2D eigenvalue weighted by molar-refractivity contribution is -0.125. The number of hydrogen-bond donors (Lipinski definition) is 2. The van der Waals surface area contributed by atoms with Gasteiger partial charge in [-0.1, -0.05) is 0 Å². The molecule has 1 aromatic heterocycles. The summed E-state index contributed by atoms with van der Waals surface area (Å²) in [7, 11) is 0. The molecule has 1 aliphatic heterocycles. The molecule has 8 heteroatoms. The molecule has 1 aromatic rings. The maximum absolute atomic E-state index is 12.3. The van der Waals surface area contributed by atoms with E-state index >= 15 is 0 Å². The fraction of sp³-hybridized carbons (Fsp3) is 0.583. The molecule has 0 aromatic carbocycles. The van der Waals surface area contributed by atoms with Gasteiger partial charge in [-0.25, -0.2) is 9.97 Å². The van der Waals surface area contributed by atoms with Gasteiger partial charge in [-0.15, -0.1) is 0 Å². The molecule has 1 unspecified atom stereocenters. The highest BCUT2D eigenvalue weighted by atomic mass is 79.9. The number of ether oxygens (including phenoxy) is 1. The van der Waals surface area contributed by atoms with Crippen LogP contribution in [0.5, 0.6) is 0 Å². The summed E-state index contributed by atoms with van der Waals surface area (Å²) in [6, 6.07) is -0.345. The third kappa shape index (κ3) is 3.18. The van der Waals surface area contributed by atoms with Crippen LogP contribution in [0.4, 0.5) is 11.6 Å². The van der Waals surface area contributed by atoms with Gasteiger partial charge >= 0.3 is 0 Å². The molecule has 1 saturated heterocycles. The molecule has 1 atom stereocenters. The summed E-state index contributed by atoms with van der Waals surface area (Å²) in [6.07, 6.45) is 1.39. The van der Waals surface area contributed by atoms with Crippen LogP contribution in [0.1, 0.15) is 13.8 Å². The topological polar surface area (TPSA) is 93.4 Å². The van der Waals surface area contributed by atoms with Crippen LogP contribution < -0.4 is 16.0 Å². The molecular weight excluding hydrogens is 326 g/mol. The molecule has 0 spiro atoms. The van der Waals surface area contributed by atoms with E-state index in [9.17, 15) is 4.79 Å². The Morgan fingerprint density at radius 2 is 2.35 bits per heavy atom. The fourth-order valence-electron chi connectivity index (χ4n) is 2.03. The number of aromatic nitrogens is 2. The summed E-state index contributed by atoms with van der Waals surface area (Å²) in [5.74, 6) is 0.887. The first-order valence-electron chi connectivity index (χ1n) is 6.41. The van der Waals surface area contributed by atoms with Crippen LogP contribution >= 0.6 is 15.9 Å². The Bertz CT molecular complexity index is 497. The third-order valence-corrected chi connectivity index (χ3v) is 3.69. The van der Waals surface area contributed by atoms with Gasteiger partial charge in [0.05, 0.1) is 13.2 Å². The van der Waals surface area contributed by atoms with Crippen LogP contribution in [0.2, 0.25) is 0 Å². The van der Waals surface area contributed by atoms with Crippen LogP contribution in [-0.2, 0) is 9.53 Å². The fourth-order valence-corrected chi connectivity index (χ4v) is 2.46. The summed E-state index contributed by atoms with van der Waals surface area (Å²) in [5.41, 5.74) is 5.77. The zero-order valence-corrected chi connectivity index (χ0v) is 13.1. The van der Waals surface area contributed by atoms with Crippen molar-refractivity contribution in [1.82, 2.24) is 15.3 Å². The summed E-state index contributed by atoms with van der Waals surface area (Å²) in [5, 5.41) is 2.90. The number of anilines is 2. The van der Waals surface area contributed by atoms with Crippen molar-refractivity contribution >= 4 is 33.5 Å². The minimum absolute atomic E-state index is 0.0742. The molecule has 2 rings (SSSR count). The third-order valence-electron chi connectivity index (χ3n) is 2.93. The van der Waals surface area contributed by atoms with Gasteiger partial charge in [-0.3, -0.25) is 4.79 Å². The lowest BCUT2D eigenvalue weighted by Gasteiger charge is -2.36. The summed E-state index contributed by atoms with van der Waals surface area (Å²) in [4.78, 5) is 22.3. The highest BCUT2D eigenvalue weighted by molar-refractivity contribution is 9.10. The Hall–Kier alpha value is -1.41. The number of nitrogen functional groups attached to an aromatic ring is 1. The number of rotatable bonds is 3. The predicted molar refractivity (Wildman–Crippen MR) is 79.4 cm³/mol. The smallest absolute Gasteiger partial charge is 0.245 e. The van der Waals surface area contributed by atoms with Gasteiger partial charge in [-0.05, 0) is 29.8 Å². The molecule has 1 fully saturated rings. The SMILES string of the molecule is CC(C)NC(=O)C1COCCN1c1ncnc(N)c1Br. The number of nitrogens with two attached hydrogens (primary N) is 1. The quantitative estimate of drug-likeness (QED) is 0.832. The average Bonchev–Trinajstić information content (AvgIpc) is 2.41. The largest absolute Gasteiger partial charge is 0.383 e. The molecular formula is C12H18BrN5O2. The highest BCUT2D eigenvalue weighted by Crippen LogP contribution is 2.29. The van der Waals surface area contributed by atoms with Crippen LogP contribution in [0.25, 0.3) is 0 Å². The second-order valence-corrected chi connectivity index (χ2v) is 5.64. The highest BCUT2D eigenvalue weighted by Gasteiger charge is 2.32. The van der Waals surface area contributed by atoms with Crippen molar-refractivity contribution in [2.75, 3.05) is 30.4 Å². The molecule has 110 valence electrons. The number of nitrogens with one attached hydrogen (secondary N) is 1. The van der Waals surface area contributed by atoms with Gasteiger partial charge < -0.3 is 20.7 Å². The van der Waals surface area contributed by atoms with Crippen molar-refractivity contribution in [3.8, 4) is 0 Å². The maximum atomic E-state index is 12.3.